The van der Waals surface area contributed by atoms with E-state index in [2.05, 4.69) is 15.2 Å². The molecule has 1 aromatic heterocycles. The number of halogens is 3. The van der Waals surface area contributed by atoms with Crippen molar-refractivity contribution in [1.82, 2.24) is 15.2 Å². The minimum atomic E-state index is -4.02. The normalized spacial score (nSPS) is 18.4. The van der Waals surface area contributed by atoms with E-state index in [4.69, 9.17) is 0 Å². The number of hydrogen-bond acceptors (Lipinski definition) is 3. The number of rotatable bonds is 5. The average molecular weight is 287 g/mol. The summed E-state index contributed by atoms with van der Waals surface area (Å²) in [7, 11) is 0. The molecule has 3 nitrogen and oxygen atoms in total. The lowest BCUT2D eigenvalue weighted by Gasteiger charge is -2.32. The Morgan fingerprint density at radius 3 is 2.60 bits per heavy atom. The lowest BCUT2D eigenvalue weighted by molar-refractivity contribution is -0.184. The Kier molecular flexibility index (Phi) is 5.37. The largest absolute Gasteiger partial charge is 0.391 e. The van der Waals surface area contributed by atoms with E-state index in [1.165, 1.54) is 0 Å². The van der Waals surface area contributed by atoms with E-state index >= 15 is 0 Å². The highest BCUT2D eigenvalue weighted by Crippen LogP contribution is 2.33. The molecule has 2 heterocycles. The van der Waals surface area contributed by atoms with E-state index in [0.717, 1.165) is 18.8 Å². The van der Waals surface area contributed by atoms with Gasteiger partial charge in [-0.2, -0.15) is 13.2 Å². The van der Waals surface area contributed by atoms with Crippen molar-refractivity contribution in [3.8, 4) is 0 Å². The molecule has 0 aromatic carbocycles. The van der Waals surface area contributed by atoms with Crippen LogP contribution >= 0.6 is 0 Å². The van der Waals surface area contributed by atoms with Crippen LogP contribution in [-0.2, 0) is 6.54 Å². The predicted molar refractivity (Wildman–Crippen MR) is 71.2 cm³/mol. The Labute approximate surface area is 117 Å². The molecule has 0 atom stereocenters. The second-order valence-electron chi connectivity index (χ2n) is 5.16. The molecule has 0 radical (unpaired) electrons. The van der Waals surface area contributed by atoms with Crippen LogP contribution in [0.15, 0.2) is 24.4 Å². The maximum Gasteiger partial charge on any atom is 0.391 e. The van der Waals surface area contributed by atoms with Gasteiger partial charge in [0.05, 0.1) is 11.6 Å². The van der Waals surface area contributed by atoms with E-state index in [-0.39, 0.29) is 12.8 Å². The summed E-state index contributed by atoms with van der Waals surface area (Å²) >= 11 is 0. The molecule has 6 heteroatoms. The van der Waals surface area contributed by atoms with E-state index in [9.17, 15) is 13.2 Å². The summed E-state index contributed by atoms with van der Waals surface area (Å²) in [5, 5.41) is 3.26. The fourth-order valence-corrected chi connectivity index (χ4v) is 2.44. The Bertz CT molecular complexity index is 386. The molecule has 20 heavy (non-hydrogen) atoms. The number of piperidine rings is 1. The van der Waals surface area contributed by atoms with Crippen LogP contribution in [0.4, 0.5) is 13.2 Å². The molecule has 2 rings (SSSR count). The summed E-state index contributed by atoms with van der Waals surface area (Å²) in [5.74, 6) is -1.11. The van der Waals surface area contributed by atoms with Crippen molar-refractivity contribution in [2.45, 2.75) is 25.6 Å². The van der Waals surface area contributed by atoms with Gasteiger partial charge in [-0.1, -0.05) is 6.07 Å². The topological polar surface area (TPSA) is 28.2 Å². The van der Waals surface area contributed by atoms with Gasteiger partial charge in [0.2, 0.25) is 0 Å². The zero-order valence-corrected chi connectivity index (χ0v) is 11.4. The molecule has 1 fully saturated rings. The SMILES string of the molecule is FC(F)(F)C1CCN(CCNCc2ccccn2)CC1. The molecule has 1 aliphatic heterocycles. The average Bonchev–Trinajstić information content (AvgIpc) is 2.44. The number of alkyl halides is 3. The standard InChI is InChI=1S/C14H20F3N3/c15-14(16,17)12-4-8-20(9-5-12)10-7-18-11-13-3-1-2-6-19-13/h1-3,6,12,18H,4-5,7-11H2. The van der Waals surface area contributed by atoms with Gasteiger partial charge in [-0.05, 0) is 38.1 Å². The van der Waals surface area contributed by atoms with Crippen molar-refractivity contribution in [2.75, 3.05) is 26.2 Å². The summed E-state index contributed by atoms with van der Waals surface area (Å²) in [5.41, 5.74) is 0.975. The smallest absolute Gasteiger partial charge is 0.310 e. The molecule has 1 aliphatic rings. The van der Waals surface area contributed by atoms with Gasteiger partial charge >= 0.3 is 6.18 Å². The highest BCUT2D eigenvalue weighted by Gasteiger charge is 2.40. The monoisotopic (exact) mass is 287 g/mol. The van der Waals surface area contributed by atoms with Gasteiger partial charge in [0.15, 0.2) is 0 Å². The third-order valence-electron chi connectivity index (χ3n) is 3.69. The summed E-state index contributed by atoms with van der Waals surface area (Å²) in [6.45, 7) is 3.33. The van der Waals surface area contributed by atoms with Gasteiger partial charge in [-0.15, -0.1) is 0 Å². The highest BCUT2D eigenvalue weighted by atomic mass is 19.4. The number of pyridine rings is 1. The van der Waals surface area contributed by atoms with Crippen LogP contribution in [0.2, 0.25) is 0 Å². The molecule has 0 spiro atoms. The summed E-state index contributed by atoms with van der Waals surface area (Å²) in [6.07, 6.45) is -1.82. The Morgan fingerprint density at radius 1 is 1.25 bits per heavy atom. The van der Waals surface area contributed by atoms with Gasteiger partial charge in [0.25, 0.3) is 0 Å². The minimum absolute atomic E-state index is 0.226. The molecule has 1 N–H and O–H groups in total. The highest BCUT2D eigenvalue weighted by molar-refractivity contribution is 5.02. The fourth-order valence-electron chi connectivity index (χ4n) is 2.44. The lowest BCUT2D eigenvalue weighted by atomic mass is 9.96. The van der Waals surface area contributed by atoms with Crippen molar-refractivity contribution in [3.05, 3.63) is 30.1 Å². The van der Waals surface area contributed by atoms with Gasteiger partial charge in [0.1, 0.15) is 0 Å². The predicted octanol–water partition coefficient (Wildman–Crippen LogP) is 2.45. The van der Waals surface area contributed by atoms with Gasteiger partial charge in [0, 0.05) is 25.8 Å². The second-order valence-corrected chi connectivity index (χ2v) is 5.16. The van der Waals surface area contributed by atoms with Crippen molar-refractivity contribution in [3.63, 3.8) is 0 Å². The first-order valence-corrected chi connectivity index (χ1v) is 6.95. The first-order valence-electron chi connectivity index (χ1n) is 6.95. The van der Waals surface area contributed by atoms with Crippen molar-refractivity contribution < 1.29 is 13.2 Å². The molecular weight excluding hydrogens is 267 g/mol. The fraction of sp³-hybridized carbons (Fsp3) is 0.643. The molecule has 0 saturated carbocycles. The Morgan fingerprint density at radius 2 is 2.00 bits per heavy atom. The molecular formula is C14H20F3N3. The minimum Gasteiger partial charge on any atom is -0.310 e. The van der Waals surface area contributed by atoms with Crippen LogP contribution in [0.3, 0.4) is 0 Å². The molecule has 0 unspecified atom stereocenters. The van der Waals surface area contributed by atoms with Gasteiger partial charge in [-0.3, -0.25) is 4.98 Å². The van der Waals surface area contributed by atoms with Crippen molar-refractivity contribution in [2.24, 2.45) is 5.92 Å². The first-order chi connectivity index (χ1) is 9.55. The lowest BCUT2D eigenvalue weighted by Crippen LogP contribution is -2.41. The molecule has 1 saturated heterocycles. The van der Waals surface area contributed by atoms with E-state index in [0.29, 0.717) is 19.6 Å². The van der Waals surface area contributed by atoms with E-state index in [1.807, 2.05) is 18.2 Å². The van der Waals surface area contributed by atoms with Crippen molar-refractivity contribution in [1.29, 1.82) is 0 Å². The number of aromatic nitrogens is 1. The molecule has 0 bridgehead atoms. The zero-order chi connectivity index (χ0) is 14.4. The van der Waals surface area contributed by atoms with Gasteiger partial charge in [-0.25, -0.2) is 0 Å². The summed E-state index contributed by atoms with van der Waals surface area (Å²) in [6, 6.07) is 5.75. The molecule has 1 aromatic rings. The molecule has 0 amide bonds. The quantitative estimate of drug-likeness (QED) is 0.843. The zero-order valence-electron chi connectivity index (χ0n) is 11.4. The van der Waals surface area contributed by atoms with E-state index in [1.54, 1.807) is 6.20 Å². The Balaban J connectivity index is 1.60. The number of hydrogen-bond donors (Lipinski definition) is 1. The van der Waals surface area contributed by atoms with Crippen LogP contribution in [0, 0.1) is 5.92 Å². The maximum atomic E-state index is 12.5. The van der Waals surface area contributed by atoms with E-state index < -0.39 is 12.1 Å². The van der Waals surface area contributed by atoms with Crippen LogP contribution in [0.1, 0.15) is 18.5 Å². The first kappa shape index (κ1) is 15.3. The number of nitrogens with zero attached hydrogens (tertiary/aromatic N) is 2. The maximum absolute atomic E-state index is 12.5. The Hall–Kier alpha value is -1.14. The van der Waals surface area contributed by atoms with Crippen LogP contribution in [-0.4, -0.2) is 42.2 Å². The van der Waals surface area contributed by atoms with Crippen molar-refractivity contribution >= 4 is 0 Å². The number of nitrogens with one attached hydrogen (secondary N) is 1. The molecule has 0 aliphatic carbocycles. The third kappa shape index (κ3) is 4.76. The molecule has 112 valence electrons. The second kappa shape index (κ2) is 7.04. The van der Waals surface area contributed by atoms with Gasteiger partial charge < -0.3 is 10.2 Å². The number of likely N-dealkylation sites (tertiary alicyclic amines) is 1. The summed E-state index contributed by atoms with van der Waals surface area (Å²) < 4.78 is 37.6. The van der Waals surface area contributed by atoms with Crippen LogP contribution < -0.4 is 5.32 Å². The summed E-state index contributed by atoms with van der Waals surface area (Å²) in [4.78, 5) is 6.29. The third-order valence-corrected chi connectivity index (χ3v) is 3.69. The van der Waals surface area contributed by atoms with Crippen LogP contribution in [0.5, 0.6) is 0 Å². The van der Waals surface area contributed by atoms with Crippen LogP contribution in [0.25, 0.3) is 0 Å².